The Morgan fingerprint density at radius 2 is 1.68 bits per heavy atom. The van der Waals surface area contributed by atoms with Gasteiger partial charge in [-0.25, -0.2) is 8.42 Å². The number of Topliss-reactive ketones (excluding diaryl/α,β-unsaturated/α-hetero) is 1. The van der Waals surface area contributed by atoms with Crippen molar-refractivity contribution in [2.45, 2.75) is 56.0 Å². The molecule has 1 aromatic heterocycles. The Morgan fingerprint density at radius 3 is 2.36 bits per heavy atom. The Morgan fingerprint density at radius 1 is 0.955 bits per heavy atom. The molecule has 1 spiro atoms. The fourth-order valence-electron chi connectivity index (χ4n) is 6.48. The SMILES string of the molecule is CCCCN1C(=O)C2(/C(=C(/O)c3ccc(S(=O)(=O)N4CCCCC4)cc3)C(=O)C(=O)N2Cc2cccnc2)c2ccccc21. The fraction of sp³-hybridized carbons (Fsp3) is 0.333. The van der Waals surface area contributed by atoms with E-state index in [0.717, 1.165) is 25.7 Å². The van der Waals surface area contributed by atoms with Gasteiger partial charge in [-0.05, 0) is 61.2 Å². The lowest BCUT2D eigenvalue weighted by molar-refractivity contribution is -0.144. The number of para-hydroxylation sites is 1. The molecule has 2 amide bonds. The minimum atomic E-state index is -3.73. The summed E-state index contributed by atoms with van der Waals surface area (Å²) in [6.45, 7) is 3.17. The summed E-state index contributed by atoms with van der Waals surface area (Å²) in [7, 11) is -3.73. The molecule has 4 heterocycles. The van der Waals surface area contributed by atoms with E-state index in [-0.39, 0.29) is 22.6 Å². The number of unbranched alkanes of at least 4 members (excludes halogenated alkanes) is 1. The zero-order valence-electron chi connectivity index (χ0n) is 24.5. The molecule has 2 aromatic carbocycles. The number of anilines is 1. The third-order valence-electron chi connectivity index (χ3n) is 8.69. The average Bonchev–Trinajstić information content (AvgIpc) is 3.43. The first kappa shape index (κ1) is 29.7. The van der Waals surface area contributed by atoms with Crippen LogP contribution in [0.15, 0.2) is 83.5 Å². The second kappa shape index (κ2) is 11.6. The van der Waals surface area contributed by atoms with Crippen LogP contribution in [0.2, 0.25) is 0 Å². The highest BCUT2D eigenvalue weighted by atomic mass is 32.2. The van der Waals surface area contributed by atoms with Crippen molar-refractivity contribution < 1.29 is 27.9 Å². The molecule has 0 bridgehead atoms. The van der Waals surface area contributed by atoms with Gasteiger partial charge >= 0.3 is 0 Å². The van der Waals surface area contributed by atoms with Crippen LogP contribution in [0.25, 0.3) is 5.76 Å². The molecule has 11 heteroatoms. The Kier molecular flexibility index (Phi) is 7.85. The Balaban J connectivity index is 1.51. The molecule has 2 fully saturated rings. The predicted molar refractivity (Wildman–Crippen MR) is 164 cm³/mol. The van der Waals surface area contributed by atoms with E-state index in [0.29, 0.717) is 42.9 Å². The van der Waals surface area contributed by atoms with E-state index in [1.807, 2.05) is 6.92 Å². The lowest BCUT2D eigenvalue weighted by Gasteiger charge is -2.34. The number of aliphatic hydroxyl groups is 1. The third kappa shape index (κ3) is 4.62. The number of benzene rings is 2. The zero-order chi connectivity index (χ0) is 31.1. The van der Waals surface area contributed by atoms with Crippen molar-refractivity contribution in [2.24, 2.45) is 0 Å². The average molecular weight is 615 g/mol. The molecule has 3 aromatic rings. The maximum absolute atomic E-state index is 14.6. The van der Waals surface area contributed by atoms with Gasteiger partial charge in [0.15, 0.2) is 5.54 Å². The van der Waals surface area contributed by atoms with Crippen LogP contribution < -0.4 is 4.90 Å². The summed E-state index contributed by atoms with van der Waals surface area (Å²) >= 11 is 0. The first-order valence-corrected chi connectivity index (χ1v) is 16.4. The quantitative estimate of drug-likeness (QED) is 0.229. The number of aromatic nitrogens is 1. The van der Waals surface area contributed by atoms with Crippen molar-refractivity contribution >= 4 is 39.1 Å². The van der Waals surface area contributed by atoms with Crippen LogP contribution in [0.5, 0.6) is 0 Å². The van der Waals surface area contributed by atoms with E-state index in [4.69, 9.17) is 0 Å². The lowest BCUT2D eigenvalue weighted by Crippen LogP contribution is -2.51. The number of likely N-dealkylation sites (tertiary alicyclic amines) is 1. The third-order valence-corrected chi connectivity index (χ3v) is 10.6. The van der Waals surface area contributed by atoms with Crippen molar-refractivity contribution in [3.8, 4) is 0 Å². The van der Waals surface area contributed by atoms with Crippen LogP contribution in [0.4, 0.5) is 5.69 Å². The van der Waals surface area contributed by atoms with Gasteiger partial charge in [-0.1, -0.05) is 44.0 Å². The van der Waals surface area contributed by atoms with Crippen molar-refractivity contribution in [1.82, 2.24) is 14.2 Å². The van der Waals surface area contributed by atoms with E-state index >= 15 is 0 Å². The van der Waals surface area contributed by atoms with Gasteiger partial charge in [0.25, 0.3) is 17.6 Å². The second-order valence-electron chi connectivity index (χ2n) is 11.3. The highest BCUT2D eigenvalue weighted by Gasteiger charge is 2.67. The Hall–Kier alpha value is -4.35. The van der Waals surface area contributed by atoms with Crippen molar-refractivity contribution in [3.05, 3.63) is 95.3 Å². The largest absolute Gasteiger partial charge is 0.507 e. The molecule has 6 rings (SSSR count). The van der Waals surface area contributed by atoms with E-state index in [1.54, 1.807) is 53.7 Å². The van der Waals surface area contributed by atoms with Crippen LogP contribution in [0.3, 0.4) is 0 Å². The van der Waals surface area contributed by atoms with Crippen molar-refractivity contribution in [1.29, 1.82) is 0 Å². The second-order valence-corrected chi connectivity index (χ2v) is 13.3. The molecule has 1 atom stereocenters. The number of sulfonamides is 1. The van der Waals surface area contributed by atoms with Crippen LogP contribution in [0, 0.1) is 0 Å². The lowest BCUT2D eigenvalue weighted by atomic mass is 9.81. The van der Waals surface area contributed by atoms with Crippen LogP contribution in [-0.2, 0) is 36.5 Å². The van der Waals surface area contributed by atoms with Gasteiger partial charge in [-0.2, -0.15) is 4.31 Å². The number of hydrogen-bond acceptors (Lipinski definition) is 7. The number of aliphatic hydroxyl groups excluding tert-OH is 1. The molecule has 0 saturated carbocycles. The van der Waals surface area contributed by atoms with E-state index in [1.165, 1.54) is 33.5 Å². The maximum atomic E-state index is 14.6. The molecule has 10 nitrogen and oxygen atoms in total. The highest BCUT2D eigenvalue weighted by molar-refractivity contribution is 7.89. The van der Waals surface area contributed by atoms with Gasteiger partial charge in [0.05, 0.1) is 16.2 Å². The molecule has 3 aliphatic rings. The number of fused-ring (bicyclic) bond motifs is 2. The minimum Gasteiger partial charge on any atom is -0.507 e. The first-order valence-electron chi connectivity index (χ1n) is 14.9. The molecular weight excluding hydrogens is 580 g/mol. The highest BCUT2D eigenvalue weighted by Crippen LogP contribution is 2.54. The number of hydrogen-bond donors (Lipinski definition) is 1. The van der Waals surface area contributed by atoms with Crippen molar-refractivity contribution in [2.75, 3.05) is 24.5 Å². The summed E-state index contributed by atoms with van der Waals surface area (Å²) in [6.07, 6.45) is 7.23. The Bertz CT molecular complexity index is 1750. The minimum absolute atomic E-state index is 0.0655. The van der Waals surface area contributed by atoms with Gasteiger partial charge in [0, 0.05) is 49.7 Å². The summed E-state index contributed by atoms with van der Waals surface area (Å²) in [6, 6.07) is 16.1. The van der Waals surface area contributed by atoms with Crippen LogP contribution in [0.1, 0.15) is 55.7 Å². The number of carbonyl (C=O) groups is 3. The van der Waals surface area contributed by atoms with Gasteiger partial charge in [0.1, 0.15) is 5.76 Å². The van der Waals surface area contributed by atoms with E-state index in [9.17, 15) is 27.9 Å². The molecule has 1 unspecified atom stereocenters. The molecule has 44 heavy (non-hydrogen) atoms. The summed E-state index contributed by atoms with van der Waals surface area (Å²) in [5.41, 5.74) is -0.531. The monoisotopic (exact) mass is 614 g/mol. The number of carbonyl (C=O) groups excluding carboxylic acids is 3. The molecule has 0 aliphatic carbocycles. The summed E-state index contributed by atoms with van der Waals surface area (Å²) in [4.78, 5) is 49.4. The molecule has 3 aliphatic heterocycles. The van der Waals surface area contributed by atoms with Crippen molar-refractivity contribution in [3.63, 3.8) is 0 Å². The molecule has 0 radical (unpaired) electrons. The van der Waals surface area contributed by atoms with Crippen LogP contribution >= 0.6 is 0 Å². The zero-order valence-corrected chi connectivity index (χ0v) is 25.3. The molecule has 1 N–H and O–H groups in total. The van der Waals surface area contributed by atoms with Gasteiger partial charge in [-0.3, -0.25) is 19.4 Å². The first-order chi connectivity index (χ1) is 21.2. The number of rotatable bonds is 8. The molecular formula is C33H34N4O6S. The molecule has 228 valence electrons. The number of nitrogens with zero attached hydrogens (tertiary/aromatic N) is 4. The number of amides is 2. The summed E-state index contributed by atoms with van der Waals surface area (Å²) in [5.74, 6) is -2.95. The van der Waals surface area contributed by atoms with Gasteiger partial charge < -0.3 is 14.9 Å². The van der Waals surface area contributed by atoms with E-state index < -0.39 is 38.9 Å². The molecule has 2 saturated heterocycles. The predicted octanol–water partition coefficient (Wildman–Crippen LogP) is 4.18. The number of ketones is 1. The number of pyridine rings is 1. The maximum Gasteiger partial charge on any atom is 0.296 e. The fourth-order valence-corrected chi connectivity index (χ4v) is 8.00. The standard InChI is InChI=1S/C33H34N4O6S/c1-2-3-20-36-27-12-6-5-11-26(27)33(32(36)41)28(30(39)31(40)37(33)22-23-10-9-17-34-21-23)29(38)24-13-15-25(16-14-24)44(42,43)35-18-7-4-8-19-35/h5-6,9-17,21,38H,2-4,7-8,18-20,22H2,1H3/b29-28+. The number of piperidine rings is 1. The van der Waals surface area contributed by atoms with Gasteiger partial charge in [-0.15, -0.1) is 0 Å². The van der Waals surface area contributed by atoms with E-state index in [2.05, 4.69) is 4.98 Å². The smallest absolute Gasteiger partial charge is 0.296 e. The normalized spacial score (nSPS) is 21.8. The Labute approximate surface area is 256 Å². The topological polar surface area (TPSA) is 128 Å². The summed E-state index contributed by atoms with van der Waals surface area (Å²) in [5, 5.41) is 11.8. The summed E-state index contributed by atoms with van der Waals surface area (Å²) < 4.78 is 27.9. The van der Waals surface area contributed by atoms with Crippen LogP contribution in [-0.4, -0.2) is 64.9 Å². The van der Waals surface area contributed by atoms with Gasteiger partial charge in [0.2, 0.25) is 10.0 Å².